The van der Waals surface area contributed by atoms with Crippen molar-refractivity contribution in [3.63, 3.8) is 0 Å². The number of nitrogens with one attached hydrogen (secondary N) is 15. The van der Waals surface area contributed by atoms with Gasteiger partial charge in [0.1, 0.15) is 47.2 Å². The summed E-state index contributed by atoms with van der Waals surface area (Å²) < 4.78 is 21.9. The molecular formula is C64H79N19O15. The van der Waals surface area contributed by atoms with Crippen LogP contribution in [0, 0.1) is 16.2 Å². The van der Waals surface area contributed by atoms with Gasteiger partial charge in [0.15, 0.2) is 24.5 Å². The fourth-order valence-electron chi connectivity index (χ4n) is 9.91. The molecule has 5 aromatic carbocycles. The molecule has 0 saturated carbocycles. The van der Waals surface area contributed by atoms with E-state index in [4.69, 9.17) is 58.1 Å². The molecule has 0 aliphatic rings. The van der Waals surface area contributed by atoms with Crippen molar-refractivity contribution in [1.82, 2.24) is 42.2 Å². The van der Waals surface area contributed by atoms with E-state index in [2.05, 4.69) is 63.5 Å². The van der Waals surface area contributed by atoms with Crippen LogP contribution in [0.3, 0.4) is 0 Å². The first kappa shape index (κ1) is 74.4. The minimum atomic E-state index is -1.46. The number of fused-ring (bicyclic) bond motifs is 1. The number of aliphatic carboxylic acids is 1. The monoisotopic (exact) mass is 1350 g/mol. The Labute approximate surface area is 561 Å². The lowest BCUT2D eigenvalue weighted by molar-refractivity contribution is -0.139. The van der Waals surface area contributed by atoms with E-state index in [0.717, 1.165) is 22.5 Å². The number of nitrogens with two attached hydrogens (primary N) is 4. The van der Waals surface area contributed by atoms with Crippen LogP contribution in [0.25, 0.3) is 10.9 Å². The van der Waals surface area contributed by atoms with Crippen LogP contribution in [-0.2, 0) is 35.2 Å². The zero-order valence-corrected chi connectivity index (χ0v) is 53.9. The van der Waals surface area contributed by atoms with Crippen LogP contribution in [0.15, 0.2) is 103 Å². The Kier molecular flexibility index (Phi) is 27.4. The van der Waals surface area contributed by atoms with E-state index >= 15 is 0 Å². The maximum absolute atomic E-state index is 14.5. The number of H-pyrrole nitrogens is 1. The first-order valence-corrected chi connectivity index (χ1v) is 30.3. The number of benzene rings is 5. The second-order valence-corrected chi connectivity index (χ2v) is 21.8. The molecule has 34 nitrogen and oxygen atoms in total. The average molecular weight is 1350 g/mol. The summed E-state index contributed by atoms with van der Waals surface area (Å²) >= 11 is 0. The molecule has 0 aliphatic carbocycles. The maximum Gasteiger partial charge on any atom is 0.341 e. The molecule has 0 radical (unpaired) electrons. The predicted molar refractivity (Wildman–Crippen MR) is 362 cm³/mol. The lowest BCUT2D eigenvalue weighted by Crippen LogP contribution is -2.46. The van der Waals surface area contributed by atoms with Gasteiger partial charge in [0.25, 0.3) is 23.6 Å². The van der Waals surface area contributed by atoms with E-state index in [9.17, 15) is 53.1 Å². The zero-order valence-electron chi connectivity index (χ0n) is 53.9. The van der Waals surface area contributed by atoms with E-state index in [1.54, 1.807) is 6.20 Å². The third kappa shape index (κ3) is 22.3. The van der Waals surface area contributed by atoms with Crippen molar-refractivity contribution in [2.24, 2.45) is 22.9 Å². The van der Waals surface area contributed by atoms with Crippen molar-refractivity contribution < 1.29 is 72.0 Å². The fraction of sp³-hybridized carbons (Fsp3) is 0.297. The second kappa shape index (κ2) is 36.1. The first-order valence-electron chi connectivity index (χ1n) is 30.3. The Hall–Kier alpha value is -12.7. The average Bonchev–Trinajstić information content (AvgIpc) is 1.82. The summed E-state index contributed by atoms with van der Waals surface area (Å²) in [6.07, 6.45) is 1.98. The predicted octanol–water partition coefficient (Wildman–Crippen LogP) is 1.44. The molecule has 6 rings (SSSR count). The van der Waals surface area contributed by atoms with Crippen LogP contribution in [-0.4, -0.2) is 159 Å². The Balaban J connectivity index is 1.24. The van der Waals surface area contributed by atoms with Crippen LogP contribution in [0.1, 0.15) is 92.4 Å². The summed E-state index contributed by atoms with van der Waals surface area (Å²) in [7, 11) is 3.91. The van der Waals surface area contributed by atoms with Crippen LogP contribution in [0.5, 0.6) is 23.0 Å². The number of hydrogen-bond acceptors (Lipinski definition) is 17. The fourth-order valence-corrected chi connectivity index (χ4v) is 9.91. The molecule has 0 bridgehead atoms. The second-order valence-electron chi connectivity index (χ2n) is 21.8. The Bertz CT molecular complexity index is 3970. The largest absolute Gasteiger partial charge is 0.496 e. The van der Waals surface area contributed by atoms with Gasteiger partial charge >= 0.3 is 5.97 Å². The van der Waals surface area contributed by atoms with Crippen molar-refractivity contribution >= 4 is 111 Å². The van der Waals surface area contributed by atoms with Crippen molar-refractivity contribution in [2.75, 3.05) is 68.8 Å². The number of methoxy groups -OCH3 is 3. The zero-order chi connectivity index (χ0) is 71.6. The van der Waals surface area contributed by atoms with E-state index in [1.807, 2.05) is 24.3 Å². The number of aromatic amines is 1. The lowest BCUT2D eigenvalue weighted by atomic mass is 10.0. The van der Waals surface area contributed by atoms with Crippen molar-refractivity contribution in [3.05, 3.63) is 131 Å². The van der Waals surface area contributed by atoms with E-state index in [-0.39, 0.29) is 150 Å². The summed E-state index contributed by atoms with van der Waals surface area (Å²) in [6.45, 7) is 0.612. The Morgan fingerprint density at radius 3 is 1.17 bits per heavy atom. The molecule has 1 aromatic heterocycles. The van der Waals surface area contributed by atoms with Gasteiger partial charge in [-0.2, -0.15) is 0 Å². The molecule has 34 heteroatoms. The molecule has 0 aliphatic heterocycles. The van der Waals surface area contributed by atoms with Gasteiger partial charge in [-0.1, -0.05) is 18.2 Å². The number of aromatic nitrogens is 1. The number of carboxylic acids is 1. The molecule has 0 spiro atoms. The maximum atomic E-state index is 14.5. The van der Waals surface area contributed by atoms with Crippen molar-refractivity contribution in [1.29, 1.82) is 16.2 Å². The SMILES string of the molecule is COc1ccc(NC(=O)C(CCCNC(=N)N)NC(=O)c2cc(NC(=O)C(CCCNC(=N)N)NC(=O)c3cc(NC(=O)C(CCCNC(=N)N)NC(=O)c4cc(NC(C)=O)ccc4OC)ccc3OCC(=O)O)ccc2OC)cc1C(=O)NC(Cc1c[nH]c2ccccc12)C(N)=O. The minimum absolute atomic E-state index is 0.0175. The molecule has 520 valence electrons. The highest BCUT2D eigenvalue weighted by atomic mass is 16.5. The number of hydrogen-bond donors (Lipinski definition) is 20. The van der Waals surface area contributed by atoms with Crippen LogP contribution < -0.4 is 100 Å². The number of ether oxygens (including phenoxy) is 4. The number of carbonyl (C=O) groups excluding carboxylic acids is 9. The standard InChI is InChI=1S/C64H79N19O15/c1-33(84)76-35-15-19-49(95-2)40(27-35)55(88)80-46(13-8-24-73-63(68)69)60(93)79-38-18-22-52(98-32-53(85)86)43(30-38)58(91)82-47(14-9-25-74-64(70)71)61(94)77-36-16-20-50(96-3)41(28-36)56(89)81-45(12-7-23-72-62(66)67)59(92)78-37-17-21-51(97-4)42(29-37)57(90)83-48(54(65)87)26-34-31-75-44-11-6-5-10-39(34)44/h5-6,10-11,15-22,27-31,45-48,75H,7-9,12-14,23-26,32H2,1-4H3,(H2,65,87)(H,76,84)(H,77,94)(H,78,92)(H,79,93)(H,80,88)(H,81,89)(H,82,91)(H,83,90)(H,85,86)(H4,66,67,72)(H4,68,69,73)(H4,70,71,74). The lowest BCUT2D eigenvalue weighted by Gasteiger charge is -2.22. The van der Waals surface area contributed by atoms with E-state index < -0.39 is 89.9 Å². The molecule has 1 heterocycles. The van der Waals surface area contributed by atoms with Gasteiger partial charge in [0.05, 0.1) is 43.6 Å². The Morgan fingerprint density at radius 1 is 0.480 bits per heavy atom. The highest BCUT2D eigenvalue weighted by Crippen LogP contribution is 2.29. The van der Waals surface area contributed by atoms with Gasteiger partial charge in [-0.15, -0.1) is 0 Å². The van der Waals surface area contributed by atoms with Crippen LogP contribution >= 0.6 is 0 Å². The molecule has 6 aromatic rings. The summed E-state index contributed by atoms with van der Waals surface area (Å²) in [4.78, 5) is 139. The number of anilines is 4. The van der Waals surface area contributed by atoms with Crippen molar-refractivity contribution in [2.45, 2.75) is 76.0 Å². The Morgan fingerprint density at radius 2 is 0.827 bits per heavy atom. The molecule has 98 heavy (non-hydrogen) atoms. The summed E-state index contributed by atoms with van der Waals surface area (Å²) in [5.74, 6) is -9.77. The number of para-hydroxylation sites is 1. The molecule has 4 unspecified atom stereocenters. The highest BCUT2D eigenvalue weighted by Gasteiger charge is 2.30. The quantitative estimate of drug-likeness (QED) is 0.0150. The molecular weight excluding hydrogens is 1270 g/mol. The van der Waals surface area contributed by atoms with Gasteiger partial charge in [0, 0.05) is 72.8 Å². The van der Waals surface area contributed by atoms with Gasteiger partial charge in [-0.3, -0.25) is 59.4 Å². The van der Waals surface area contributed by atoms with Gasteiger partial charge in [-0.05, 0) is 123 Å². The number of amides is 9. The first-order chi connectivity index (χ1) is 46.8. The van der Waals surface area contributed by atoms with Gasteiger partial charge < -0.3 is 110 Å². The van der Waals surface area contributed by atoms with Crippen LogP contribution in [0.4, 0.5) is 22.7 Å². The number of guanidine groups is 3. The molecule has 0 saturated heterocycles. The summed E-state index contributed by atoms with van der Waals surface area (Å²) in [5.41, 5.74) is 23.3. The third-order valence-corrected chi connectivity index (χ3v) is 14.6. The number of rotatable bonds is 36. The minimum Gasteiger partial charge on any atom is -0.496 e. The number of carbonyl (C=O) groups is 10. The normalized spacial score (nSPS) is 11.9. The molecule has 4 atom stereocenters. The summed E-state index contributed by atoms with van der Waals surface area (Å²) in [5, 5.41) is 62.3. The van der Waals surface area contributed by atoms with Crippen molar-refractivity contribution in [3.8, 4) is 23.0 Å². The molecule has 0 fully saturated rings. The smallest absolute Gasteiger partial charge is 0.341 e. The highest BCUT2D eigenvalue weighted by molar-refractivity contribution is 6.08. The number of primary amides is 1. The van der Waals surface area contributed by atoms with Crippen LogP contribution in [0.2, 0.25) is 0 Å². The summed E-state index contributed by atoms with van der Waals surface area (Å²) in [6, 6.07) is 18.1. The van der Waals surface area contributed by atoms with Gasteiger partial charge in [-0.25, -0.2) is 4.79 Å². The topological polar surface area (TPSA) is 552 Å². The molecule has 24 N–H and O–H groups in total. The van der Waals surface area contributed by atoms with E-state index in [1.165, 1.54) is 95.0 Å². The molecule has 9 amide bonds. The third-order valence-electron chi connectivity index (χ3n) is 14.6. The van der Waals surface area contributed by atoms with E-state index in [0.29, 0.717) is 0 Å². The number of carboxylic acid groups (broad SMARTS) is 1. The van der Waals surface area contributed by atoms with Gasteiger partial charge in [0.2, 0.25) is 29.5 Å².